The van der Waals surface area contributed by atoms with E-state index in [1.807, 2.05) is 24.4 Å². The van der Waals surface area contributed by atoms with Crippen LogP contribution in [0, 0.1) is 6.92 Å². The van der Waals surface area contributed by atoms with E-state index in [0.717, 1.165) is 30.6 Å². The molecule has 1 saturated carbocycles. The summed E-state index contributed by atoms with van der Waals surface area (Å²) in [5.74, 6) is 1.38. The van der Waals surface area contributed by atoms with Crippen LogP contribution in [0.3, 0.4) is 0 Å². The summed E-state index contributed by atoms with van der Waals surface area (Å²) >= 11 is 1.55. The molecule has 0 aliphatic heterocycles. The summed E-state index contributed by atoms with van der Waals surface area (Å²) in [5.41, 5.74) is 0.670. The van der Waals surface area contributed by atoms with Gasteiger partial charge in [-0.3, -0.25) is 9.00 Å². The van der Waals surface area contributed by atoms with Crippen LogP contribution in [0.15, 0.2) is 21.9 Å². The fourth-order valence-corrected chi connectivity index (χ4v) is 4.81. The van der Waals surface area contributed by atoms with Crippen LogP contribution in [0.25, 0.3) is 10.8 Å². The number of carbonyl (C=O) groups is 1. The van der Waals surface area contributed by atoms with Gasteiger partial charge in [-0.05, 0) is 31.2 Å². The molecule has 136 valence electrons. The normalized spacial score (nSPS) is 17.2. The Kier molecular flexibility index (Phi) is 6.42. The van der Waals surface area contributed by atoms with Gasteiger partial charge in [0.15, 0.2) is 0 Å². The number of aryl methyl sites for hydroxylation is 1. The molecular formula is C18H24N2O3S2. The summed E-state index contributed by atoms with van der Waals surface area (Å²) in [6.45, 7) is 1.82. The van der Waals surface area contributed by atoms with Crippen LogP contribution in [0.5, 0.6) is 0 Å². The Morgan fingerprint density at radius 2 is 2.12 bits per heavy atom. The highest BCUT2D eigenvalue weighted by molar-refractivity contribution is 7.84. The van der Waals surface area contributed by atoms with Gasteiger partial charge in [0, 0.05) is 16.8 Å². The molecule has 1 atom stereocenters. The van der Waals surface area contributed by atoms with Crippen molar-refractivity contribution in [1.29, 1.82) is 0 Å². The summed E-state index contributed by atoms with van der Waals surface area (Å²) in [7, 11) is -1.28. The molecule has 2 heterocycles. The number of nitrogens with one attached hydrogen (secondary N) is 1. The van der Waals surface area contributed by atoms with Gasteiger partial charge in [-0.15, -0.1) is 11.3 Å². The molecule has 2 aromatic rings. The Labute approximate surface area is 154 Å². The van der Waals surface area contributed by atoms with Crippen molar-refractivity contribution in [1.82, 2.24) is 10.3 Å². The van der Waals surface area contributed by atoms with E-state index in [1.165, 1.54) is 12.8 Å². The largest absolute Gasteiger partial charge is 0.440 e. The SMILES string of the molecule is Cc1oc(-c2cccs2)nc1CS(=O)CC(=O)NC1CCCCCC1. The summed E-state index contributed by atoms with van der Waals surface area (Å²) in [6, 6.07) is 4.12. The molecule has 2 aromatic heterocycles. The minimum absolute atomic E-state index is 0.0249. The molecule has 25 heavy (non-hydrogen) atoms. The molecule has 0 radical (unpaired) electrons. The van der Waals surface area contributed by atoms with Gasteiger partial charge in [0.25, 0.3) is 0 Å². The lowest BCUT2D eigenvalue weighted by Gasteiger charge is -2.15. The van der Waals surface area contributed by atoms with Gasteiger partial charge < -0.3 is 9.73 Å². The molecular weight excluding hydrogens is 356 g/mol. The molecule has 1 fully saturated rings. The summed E-state index contributed by atoms with van der Waals surface area (Å²) < 4.78 is 18.0. The standard InChI is InChI=1S/C18H24N2O3S2/c1-13-15(20-18(23-13)16-9-6-10-24-16)11-25(22)12-17(21)19-14-7-4-2-3-5-8-14/h6,9-10,14H,2-5,7-8,11-12H2,1H3,(H,19,21). The highest BCUT2D eigenvalue weighted by Crippen LogP contribution is 2.26. The van der Waals surface area contributed by atoms with Gasteiger partial charge in [0.2, 0.25) is 11.8 Å². The Morgan fingerprint density at radius 1 is 1.36 bits per heavy atom. The summed E-state index contributed by atoms with van der Waals surface area (Å²) in [4.78, 5) is 17.6. The average molecular weight is 381 g/mol. The molecule has 0 bridgehead atoms. The van der Waals surface area contributed by atoms with Gasteiger partial charge in [-0.2, -0.15) is 0 Å². The van der Waals surface area contributed by atoms with Crippen LogP contribution < -0.4 is 5.32 Å². The third-order valence-electron chi connectivity index (χ3n) is 4.43. The number of thiophene rings is 1. The van der Waals surface area contributed by atoms with E-state index in [9.17, 15) is 9.00 Å². The maximum absolute atomic E-state index is 12.4. The second-order valence-electron chi connectivity index (χ2n) is 6.48. The lowest BCUT2D eigenvalue weighted by molar-refractivity contribution is -0.119. The molecule has 1 unspecified atom stereocenters. The van der Waals surface area contributed by atoms with Crippen molar-refractivity contribution >= 4 is 28.0 Å². The highest BCUT2D eigenvalue weighted by atomic mass is 32.2. The van der Waals surface area contributed by atoms with Crippen molar-refractivity contribution in [3.8, 4) is 10.8 Å². The van der Waals surface area contributed by atoms with E-state index in [2.05, 4.69) is 10.3 Å². The Bertz CT molecular complexity index is 717. The van der Waals surface area contributed by atoms with E-state index in [1.54, 1.807) is 11.3 Å². The van der Waals surface area contributed by atoms with E-state index < -0.39 is 10.8 Å². The minimum Gasteiger partial charge on any atom is -0.440 e. The predicted octanol–water partition coefficient (Wildman–Crippen LogP) is 3.80. The van der Waals surface area contributed by atoms with Gasteiger partial charge in [-0.1, -0.05) is 31.7 Å². The maximum Gasteiger partial charge on any atom is 0.236 e. The molecule has 0 spiro atoms. The summed E-state index contributed by atoms with van der Waals surface area (Å²) in [5, 5.41) is 5.01. The number of aromatic nitrogens is 1. The minimum atomic E-state index is -1.28. The molecule has 3 rings (SSSR count). The first-order valence-electron chi connectivity index (χ1n) is 8.76. The lowest BCUT2D eigenvalue weighted by atomic mass is 10.1. The fraction of sp³-hybridized carbons (Fsp3) is 0.556. The fourth-order valence-electron chi connectivity index (χ4n) is 3.11. The molecule has 7 heteroatoms. The third kappa shape index (κ3) is 5.25. The summed E-state index contributed by atoms with van der Waals surface area (Å²) in [6.07, 6.45) is 6.89. The van der Waals surface area contributed by atoms with Crippen LogP contribution in [0.4, 0.5) is 0 Å². The van der Waals surface area contributed by atoms with Crippen molar-refractivity contribution in [3.63, 3.8) is 0 Å². The van der Waals surface area contributed by atoms with Crippen molar-refractivity contribution in [2.24, 2.45) is 0 Å². The second kappa shape index (κ2) is 8.76. The topological polar surface area (TPSA) is 72.2 Å². The van der Waals surface area contributed by atoms with Crippen molar-refractivity contribution < 1.29 is 13.4 Å². The number of nitrogens with zero attached hydrogens (tertiary/aromatic N) is 1. The smallest absolute Gasteiger partial charge is 0.236 e. The second-order valence-corrected chi connectivity index (χ2v) is 8.89. The lowest BCUT2D eigenvalue weighted by Crippen LogP contribution is -2.37. The van der Waals surface area contributed by atoms with Gasteiger partial charge in [-0.25, -0.2) is 4.98 Å². The number of oxazole rings is 1. The number of amides is 1. The Morgan fingerprint density at radius 3 is 2.80 bits per heavy atom. The Balaban J connectivity index is 1.52. The van der Waals surface area contributed by atoms with E-state index in [4.69, 9.17) is 4.42 Å². The monoisotopic (exact) mass is 380 g/mol. The third-order valence-corrected chi connectivity index (χ3v) is 6.47. The van der Waals surface area contributed by atoms with E-state index in [0.29, 0.717) is 17.3 Å². The zero-order valence-corrected chi connectivity index (χ0v) is 16.1. The molecule has 1 aliphatic rings. The van der Waals surface area contributed by atoms with E-state index >= 15 is 0 Å². The van der Waals surface area contributed by atoms with Crippen LogP contribution in [-0.2, 0) is 21.3 Å². The van der Waals surface area contributed by atoms with Gasteiger partial charge >= 0.3 is 0 Å². The van der Waals surface area contributed by atoms with Crippen LogP contribution in [0.1, 0.15) is 50.0 Å². The molecule has 5 nitrogen and oxygen atoms in total. The Hall–Kier alpha value is -1.47. The van der Waals surface area contributed by atoms with Crippen molar-refractivity contribution in [2.45, 2.75) is 57.2 Å². The quantitative estimate of drug-likeness (QED) is 0.774. The zero-order valence-electron chi connectivity index (χ0n) is 14.5. The molecule has 1 amide bonds. The van der Waals surface area contributed by atoms with Gasteiger partial charge in [0.05, 0.1) is 16.3 Å². The first kappa shape index (κ1) is 18.3. The number of rotatable bonds is 6. The molecule has 1 aliphatic carbocycles. The zero-order chi connectivity index (χ0) is 17.6. The first-order valence-corrected chi connectivity index (χ1v) is 11.1. The maximum atomic E-state index is 12.4. The number of carbonyl (C=O) groups excluding carboxylic acids is 1. The first-order chi connectivity index (χ1) is 12.1. The van der Waals surface area contributed by atoms with Crippen molar-refractivity contribution in [2.75, 3.05) is 5.75 Å². The van der Waals surface area contributed by atoms with Crippen LogP contribution in [0.2, 0.25) is 0 Å². The average Bonchev–Trinajstić information content (AvgIpc) is 3.13. The molecule has 0 saturated heterocycles. The predicted molar refractivity (Wildman–Crippen MR) is 101 cm³/mol. The van der Waals surface area contributed by atoms with Gasteiger partial charge in [0.1, 0.15) is 11.5 Å². The highest BCUT2D eigenvalue weighted by Gasteiger charge is 2.19. The molecule has 0 aromatic carbocycles. The van der Waals surface area contributed by atoms with Crippen LogP contribution in [-0.4, -0.2) is 26.9 Å². The van der Waals surface area contributed by atoms with Crippen LogP contribution >= 0.6 is 11.3 Å². The van der Waals surface area contributed by atoms with Crippen molar-refractivity contribution in [3.05, 3.63) is 29.0 Å². The molecule has 1 N–H and O–H groups in total. The van der Waals surface area contributed by atoms with E-state index in [-0.39, 0.29) is 23.5 Å². The number of hydrogen-bond donors (Lipinski definition) is 1. The number of hydrogen-bond acceptors (Lipinski definition) is 5.